The van der Waals surface area contributed by atoms with Crippen LogP contribution in [0.15, 0.2) is 24.3 Å². The number of hydrogen-bond donors (Lipinski definition) is 0. The molecule has 1 fully saturated rings. The molecular weight excluding hydrogens is 290 g/mol. The molecule has 0 aliphatic carbocycles. The first-order valence-corrected chi connectivity index (χ1v) is 8.08. The number of hydroxylamine groups is 2. The third-order valence-electron chi connectivity index (χ3n) is 3.75. The van der Waals surface area contributed by atoms with E-state index in [-0.39, 0.29) is 23.5 Å². The lowest BCUT2D eigenvalue weighted by molar-refractivity contribution is -0.169. The molecule has 2 heterocycles. The molecule has 0 radical (unpaired) electrons. The first-order chi connectivity index (χ1) is 10.2. The Balaban J connectivity index is 1.64. The molecule has 2 aliphatic rings. The number of fused-ring (bicyclic) bond motifs is 1. The standard InChI is InChI=1S/C15H15NO4S/c17-13(9-10-5-7-21-8-6-10)20-16-14(18)11-3-1-2-4-12(11)15(16)19/h1-4,10H,5-9H2. The van der Waals surface area contributed by atoms with Crippen molar-refractivity contribution in [2.75, 3.05) is 11.5 Å². The fourth-order valence-electron chi connectivity index (χ4n) is 2.58. The maximum Gasteiger partial charge on any atom is 0.333 e. The highest BCUT2D eigenvalue weighted by Gasteiger charge is 2.38. The lowest BCUT2D eigenvalue weighted by atomic mass is 9.99. The van der Waals surface area contributed by atoms with E-state index in [1.54, 1.807) is 24.3 Å². The van der Waals surface area contributed by atoms with Crippen molar-refractivity contribution in [2.45, 2.75) is 19.3 Å². The maximum atomic E-state index is 12.1. The van der Waals surface area contributed by atoms with Gasteiger partial charge in [-0.05, 0) is 42.4 Å². The van der Waals surface area contributed by atoms with Gasteiger partial charge in [-0.2, -0.15) is 11.8 Å². The average Bonchev–Trinajstić information content (AvgIpc) is 2.74. The fourth-order valence-corrected chi connectivity index (χ4v) is 3.78. The topological polar surface area (TPSA) is 63.7 Å². The molecule has 0 unspecified atom stereocenters. The maximum absolute atomic E-state index is 12.1. The molecule has 5 nitrogen and oxygen atoms in total. The van der Waals surface area contributed by atoms with Crippen molar-refractivity contribution in [3.05, 3.63) is 35.4 Å². The monoisotopic (exact) mass is 305 g/mol. The van der Waals surface area contributed by atoms with Crippen molar-refractivity contribution in [1.29, 1.82) is 0 Å². The first kappa shape index (κ1) is 14.1. The van der Waals surface area contributed by atoms with Crippen LogP contribution in [-0.2, 0) is 9.63 Å². The number of nitrogens with zero attached hydrogens (tertiary/aromatic N) is 1. The molecule has 0 bridgehead atoms. The van der Waals surface area contributed by atoms with Gasteiger partial charge in [0, 0.05) is 0 Å². The number of imide groups is 1. The predicted octanol–water partition coefficient (Wildman–Crippen LogP) is 2.27. The van der Waals surface area contributed by atoms with E-state index in [0.717, 1.165) is 24.3 Å². The third kappa shape index (κ3) is 2.81. The number of carbonyl (C=O) groups is 3. The Morgan fingerprint density at radius 3 is 2.29 bits per heavy atom. The summed E-state index contributed by atoms with van der Waals surface area (Å²) in [5.41, 5.74) is 0.564. The van der Waals surface area contributed by atoms with Gasteiger partial charge >= 0.3 is 5.97 Å². The largest absolute Gasteiger partial charge is 0.333 e. The Morgan fingerprint density at radius 1 is 1.14 bits per heavy atom. The summed E-state index contributed by atoms with van der Waals surface area (Å²) in [5.74, 6) is 0.734. The zero-order valence-electron chi connectivity index (χ0n) is 11.4. The molecule has 110 valence electrons. The van der Waals surface area contributed by atoms with Crippen LogP contribution in [-0.4, -0.2) is 34.4 Å². The van der Waals surface area contributed by atoms with Crippen LogP contribution in [0.1, 0.15) is 40.0 Å². The van der Waals surface area contributed by atoms with Crippen LogP contribution in [0.2, 0.25) is 0 Å². The highest BCUT2D eigenvalue weighted by atomic mass is 32.2. The van der Waals surface area contributed by atoms with Crippen LogP contribution in [0.3, 0.4) is 0 Å². The van der Waals surface area contributed by atoms with E-state index in [1.807, 2.05) is 11.8 Å². The van der Waals surface area contributed by atoms with E-state index >= 15 is 0 Å². The van der Waals surface area contributed by atoms with E-state index in [1.165, 1.54) is 0 Å². The van der Waals surface area contributed by atoms with Crippen LogP contribution in [0.5, 0.6) is 0 Å². The van der Waals surface area contributed by atoms with Gasteiger partial charge < -0.3 is 4.84 Å². The second-order valence-electron chi connectivity index (χ2n) is 5.17. The SMILES string of the molecule is O=C(CC1CCSCC1)ON1C(=O)c2ccccc2C1=O. The van der Waals surface area contributed by atoms with Crippen LogP contribution in [0.4, 0.5) is 0 Å². The molecule has 21 heavy (non-hydrogen) atoms. The summed E-state index contributed by atoms with van der Waals surface area (Å²) >= 11 is 1.88. The molecule has 0 spiro atoms. The zero-order valence-corrected chi connectivity index (χ0v) is 12.2. The molecule has 0 atom stereocenters. The summed E-state index contributed by atoms with van der Waals surface area (Å²) in [7, 11) is 0. The minimum Gasteiger partial charge on any atom is -0.330 e. The van der Waals surface area contributed by atoms with Crippen LogP contribution < -0.4 is 0 Å². The van der Waals surface area contributed by atoms with E-state index in [9.17, 15) is 14.4 Å². The van der Waals surface area contributed by atoms with Crippen molar-refractivity contribution < 1.29 is 19.2 Å². The molecule has 6 heteroatoms. The normalized spacial score (nSPS) is 18.8. The number of benzene rings is 1. The molecular formula is C15H15NO4S. The Bertz CT molecular complexity index is 560. The highest BCUT2D eigenvalue weighted by molar-refractivity contribution is 7.99. The molecule has 2 aliphatic heterocycles. The van der Waals surface area contributed by atoms with Crippen LogP contribution in [0, 0.1) is 5.92 Å². The number of amides is 2. The lowest BCUT2D eigenvalue weighted by Crippen LogP contribution is -2.33. The summed E-state index contributed by atoms with van der Waals surface area (Å²) in [4.78, 5) is 41.1. The number of carbonyl (C=O) groups excluding carboxylic acids is 3. The minimum absolute atomic E-state index is 0.258. The summed E-state index contributed by atoms with van der Waals surface area (Å²) in [5, 5.41) is 0.588. The summed E-state index contributed by atoms with van der Waals surface area (Å²) in [6.07, 6.45) is 2.21. The Kier molecular flexibility index (Phi) is 3.96. The zero-order chi connectivity index (χ0) is 14.8. The van der Waals surface area contributed by atoms with Gasteiger partial charge in [0.05, 0.1) is 17.5 Å². The van der Waals surface area contributed by atoms with Crippen LogP contribution >= 0.6 is 11.8 Å². The number of hydrogen-bond acceptors (Lipinski definition) is 5. The average molecular weight is 305 g/mol. The van der Waals surface area contributed by atoms with Crippen LogP contribution in [0.25, 0.3) is 0 Å². The van der Waals surface area contributed by atoms with Gasteiger partial charge in [0.1, 0.15) is 0 Å². The Hall–Kier alpha value is -1.82. The van der Waals surface area contributed by atoms with Gasteiger partial charge in [-0.1, -0.05) is 17.2 Å². The molecule has 1 saturated heterocycles. The lowest BCUT2D eigenvalue weighted by Gasteiger charge is -2.21. The molecule has 0 aromatic heterocycles. The van der Waals surface area contributed by atoms with Crippen molar-refractivity contribution in [3.8, 4) is 0 Å². The number of thioether (sulfide) groups is 1. The van der Waals surface area contributed by atoms with Crippen molar-refractivity contribution in [3.63, 3.8) is 0 Å². The molecule has 0 N–H and O–H groups in total. The van der Waals surface area contributed by atoms with E-state index in [2.05, 4.69) is 0 Å². The summed E-state index contributed by atoms with van der Waals surface area (Å²) in [6.45, 7) is 0. The minimum atomic E-state index is -0.567. The van der Waals surface area contributed by atoms with Crippen molar-refractivity contribution in [2.24, 2.45) is 5.92 Å². The van der Waals surface area contributed by atoms with Crippen molar-refractivity contribution in [1.82, 2.24) is 5.06 Å². The smallest absolute Gasteiger partial charge is 0.330 e. The van der Waals surface area contributed by atoms with Gasteiger partial charge in [0.2, 0.25) is 0 Å². The number of rotatable bonds is 3. The summed E-state index contributed by atoms with van der Waals surface area (Å²) < 4.78 is 0. The first-order valence-electron chi connectivity index (χ1n) is 6.93. The Morgan fingerprint density at radius 2 is 1.71 bits per heavy atom. The van der Waals surface area contributed by atoms with Crippen molar-refractivity contribution >= 4 is 29.5 Å². The van der Waals surface area contributed by atoms with Gasteiger partial charge in [0.15, 0.2) is 0 Å². The molecule has 2 amide bonds. The fraction of sp³-hybridized carbons (Fsp3) is 0.400. The predicted molar refractivity (Wildman–Crippen MR) is 77.7 cm³/mol. The second kappa shape index (κ2) is 5.89. The Labute approximate surface area is 126 Å². The van der Waals surface area contributed by atoms with Gasteiger partial charge in [-0.3, -0.25) is 9.59 Å². The second-order valence-corrected chi connectivity index (χ2v) is 6.40. The van der Waals surface area contributed by atoms with E-state index in [0.29, 0.717) is 5.06 Å². The van der Waals surface area contributed by atoms with Gasteiger partial charge in [-0.15, -0.1) is 0 Å². The third-order valence-corrected chi connectivity index (χ3v) is 4.79. The van der Waals surface area contributed by atoms with Gasteiger partial charge in [0.25, 0.3) is 11.8 Å². The quantitative estimate of drug-likeness (QED) is 0.802. The van der Waals surface area contributed by atoms with E-state index < -0.39 is 17.8 Å². The van der Waals surface area contributed by atoms with Gasteiger partial charge in [-0.25, -0.2) is 4.79 Å². The van der Waals surface area contributed by atoms with E-state index in [4.69, 9.17) is 4.84 Å². The highest BCUT2D eigenvalue weighted by Crippen LogP contribution is 2.27. The molecule has 3 rings (SSSR count). The molecule has 1 aromatic rings. The molecule has 0 saturated carbocycles. The summed E-state index contributed by atoms with van der Waals surface area (Å²) in [6, 6.07) is 6.47. The molecule has 1 aromatic carbocycles.